The first-order valence-corrected chi connectivity index (χ1v) is 16.7. The Labute approximate surface area is 278 Å². The van der Waals surface area contributed by atoms with E-state index in [9.17, 15) is 0 Å². The van der Waals surface area contributed by atoms with Gasteiger partial charge < -0.3 is 13.7 Å². The standard InChI is InChI=1S/C45H33N3/c1-28-15-19-42-36(23-28)34-11-4-6-13-40(34)46(42)31-9-8-10-32(26-31)47-44-21-17-30(3)25-38(44)39-27-33(18-22-45(39)47)48-41-14-7-5-12-35(41)37-24-29(2)16-20-43(37)48/h4-27H,1-3H3. The van der Waals surface area contributed by atoms with Crippen LogP contribution in [0, 0.1) is 20.8 Å². The summed E-state index contributed by atoms with van der Waals surface area (Å²) in [6, 6.07) is 53.9. The van der Waals surface area contributed by atoms with E-state index in [-0.39, 0.29) is 0 Å². The lowest BCUT2D eigenvalue weighted by atomic mass is 10.1. The molecular weight excluding hydrogens is 583 g/mol. The first kappa shape index (κ1) is 27.1. The van der Waals surface area contributed by atoms with Crippen LogP contribution in [-0.4, -0.2) is 13.7 Å². The second kappa shape index (κ2) is 9.97. The highest BCUT2D eigenvalue weighted by molar-refractivity contribution is 6.13. The summed E-state index contributed by atoms with van der Waals surface area (Å²) in [6.45, 7) is 6.53. The first-order chi connectivity index (χ1) is 23.5. The van der Waals surface area contributed by atoms with Crippen molar-refractivity contribution in [3.63, 3.8) is 0 Å². The van der Waals surface area contributed by atoms with Crippen molar-refractivity contribution in [1.82, 2.24) is 13.7 Å². The highest BCUT2D eigenvalue weighted by Crippen LogP contribution is 2.39. The van der Waals surface area contributed by atoms with E-state index in [0.29, 0.717) is 0 Å². The van der Waals surface area contributed by atoms with Gasteiger partial charge in [0.1, 0.15) is 0 Å². The molecule has 0 aliphatic carbocycles. The van der Waals surface area contributed by atoms with Crippen LogP contribution in [0.4, 0.5) is 0 Å². The second-order valence-corrected chi connectivity index (χ2v) is 13.3. The molecule has 0 aliphatic heterocycles. The van der Waals surface area contributed by atoms with Crippen molar-refractivity contribution in [3.05, 3.63) is 162 Å². The molecule has 0 spiro atoms. The average Bonchev–Trinajstić information content (AvgIpc) is 3.73. The molecule has 0 bridgehead atoms. The van der Waals surface area contributed by atoms with E-state index in [2.05, 4.69) is 180 Å². The zero-order valence-corrected chi connectivity index (χ0v) is 27.2. The topological polar surface area (TPSA) is 14.8 Å². The normalized spacial score (nSPS) is 12.1. The number of rotatable bonds is 3. The molecule has 0 N–H and O–H groups in total. The van der Waals surface area contributed by atoms with Crippen molar-refractivity contribution >= 4 is 65.4 Å². The number of nitrogens with zero attached hydrogens (tertiary/aromatic N) is 3. The minimum Gasteiger partial charge on any atom is -0.309 e. The largest absolute Gasteiger partial charge is 0.309 e. The molecule has 0 aliphatic rings. The van der Waals surface area contributed by atoms with Crippen LogP contribution in [0.1, 0.15) is 16.7 Å². The van der Waals surface area contributed by atoms with E-state index < -0.39 is 0 Å². The summed E-state index contributed by atoms with van der Waals surface area (Å²) in [6.07, 6.45) is 0. The molecular formula is C45H33N3. The fourth-order valence-corrected chi connectivity index (χ4v) is 8.04. The molecule has 3 aromatic heterocycles. The Hall–Kier alpha value is -6.06. The molecule has 3 nitrogen and oxygen atoms in total. The van der Waals surface area contributed by atoms with Crippen molar-refractivity contribution in [1.29, 1.82) is 0 Å². The van der Waals surface area contributed by atoms with Gasteiger partial charge in [0.2, 0.25) is 0 Å². The Bertz CT molecular complexity index is 2930. The smallest absolute Gasteiger partial charge is 0.0542 e. The predicted molar refractivity (Wildman–Crippen MR) is 204 cm³/mol. The van der Waals surface area contributed by atoms with Crippen LogP contribution in [0.5, 0.6) is 0 Å². The van der Waals surface area contributed by atoms with E-state index >= 15 is 0 Å². The van der Waals surface area contributed by atoms with Gasteiger partial charge in [-0.25, -0.2) is 0 Å². The van der Waals surface area contributed by atoms with Gasteiger partial charge in [-0.15, -0.1) is 0 Å². The third-order valence-electron chi connectivity index (χ3n) is 10.2. The van der Waals surface area contributed by atoms with Gasteiger partial charge in [-0.3, -0.25) is 0 Å². The van der Waals surface area contributed by atoms with Crippen molar-refractivity contribution in [3.8, 4) is 17.1 Å². The lowest BCUT2D eigenvalue weighted by Gasteiger charge is -2.13. The Kier molecular flexibility index (Phi) is 5.63. The lowest BCUT2D eigenvalue weighted by Crippen LogP contribution is -1.99. The zero-order chi connectivity index (χ0) is 32.1. The highest BCUT2D eigenvalue weighted by Gasteiger charge is 2.18. The molecule has 48 heavy (non-hydrogen) atoms. The molecule has 228 valence electrons. The minimum absolute atomic E-state index is 1.15. The number of aryl methyl sites for hydroxylation is 3. The van der Waals surface area contributed by atoms with Gasteiger partial charge >= 0.3 is 0 Å². The van der Waals surface area contributed by atoms with Crippen molar-refractivity contribution in [2.24, 2.45) is 0 Å². The average molecular weight is 616 g/mol. The number of hydrogen-bond donors (Lipinski definition) is 0. The number of hydrogen-bond acceptors (Lipinski definition) is 0. The van der Waals surface area contributed by atoms with Gasteiger partial charge in [0.15, 0.2) is 0 Å². The summed E-state index contributed by atoms with van der Waals surface area (Å²) in [7, 11) is 0. The Morgan fingerprint density at radius 2 is 0.625 bits per heavy atom. The molecule has 0 radical (unpaired) electrons. The summed E-state index contributed by atoms with van der Waals surface area (Å²) < 4.78 is 7.27. The maximum Gasteiger partial charge on any atom is 0.0542 e. The van der Waals surface area contributed by atoms with Crippen LogP contribution in [0.3, 0.4) is 0 Å². The van der Waals surface area contributed by atoms with Gasteiger partial charge in [0.25, 0.3) is 0 Å². The van der Waals surface area contributed by atoms with Crippen LogP contribution in [0.15, 0.2) is 146 Å². The molecule has 10 rings (SSSR count). The molecule has 0 saturated heterocycles. The Balaban J connectivity index is 1.23. The van der Waals surface area contributed by atoms with Crippen molar-refractivity contribution in [2.45, 2.75) is 20.8 Å². The van der Waals surface area contributed by atoms with E-state index in [1.54, 1.807) is 0 Å². The predicted octanol–water partition coefficient (Wildman–Crippen LogP) is 11.9. The number of fused-ring (bicyclic) bond motifs is 9. The van der Waals surface area contributed by atoms with Crippen LogP contribution in [-0.2, 0) is 0 Å². The van der Waals surface area contributed by atoms with Crippen LogP contribution < -0.4 is 0 Å². The number of para-hydroxylation sites is 2. The SMILES string of the molecule is Cc1ccc2c(c1)c1ccccc1n2-c1cccc(-n2c3ccc(C)cc3c3cc(-n4c5ccccc5c5cc(C)ccc54)ccc32)c1. The maximum absolute atomic E-state index is 2.44. The molecule has 0 unspecified atom stereocenters. The summed E-state index contributed by atoms with van der Waals surface area (Å²) >= 11 is 0. The Morgan fingerprint density at radius 1 is 0.271 bits per heavy atom. The minimum atomic E-state index is 1.15. The number of aromatic nitrogens is 3. The lowest BCUT2D eigenvalue weighted by molar-refractivity contribution is 1.13. The van der Waals surface area contributed by atoms with E-state index in [4.69, 9.17) is 0 Å². The molecule has 0 fully saturated rings. The molecule has 7 aromatic carbocycles. The van der Waals surface area contributed by atoms with Crippen LogP contribution >= 0.6 is 0 Å². The number of benzene rings is 7. The molecule has 3 heteroatoms. The summed E-state index contributed by atoms with van der Waals surface area (Å²) in [5.74, 6) is 0. The molecule has 0 amide bonds. The summed E-state index contributed by atoms with van der Waals surface area (Å²) in [4.78, 5) is 0. The zero-order valence-electron chi connectivity index (χ0n) is 27.2. The second-order valence-electron chi connectivity index (χ2n) is 13.3. The first-order valence-electron chi connectivity index (χ1n) is 16.7. The Morgan fingerprint density at radius 3 is 1.10 bits per heavy atom. The molecule has 3 heterocycles. The summed E-state index contributed by atoms with van der Waals surface area (Å²) in [5, 5.41) is 7.66. The third-order valence-corrected chi connectivity index (χ3v) is 10.2. The fourth-order valence-electron chi connectivity index (χ4n) is 8.04. The monoisotopic (exact) mass is 615 g/mol. The third kappa shape index (κ3) is 3.82. The highest BCUT2D eigenvalue weighted by atomic mass is 15.0. The summed E-state index contributed by atoms with van der Waals surface area (Å²) in [5.41, 5.74) is 14.6. The van der Waals surface area contributed by atoms with E-state index in [1.165, 1.54) is 87.8 Å². The quantitative estimate of drug-likeness (QED) is 0.188. The van der Waals surface area contributed by atoms with E-state index in [0.717, 1.165) is 11.4 Å². The van der Waals surface area contributed by atoms with Gasteiger partial charge in [-0.1, -0.05) is 77.4 Å². The van der Waals surface area contributed by atoms with Crippen LogP contribution in [0.2, 0.25) is 0 Å². The van der Waals surface area contributed by atoms with E-state index in [1.807, 2.05) is 0 Å². The van der Waals surface area contributed by atoms with Gasteiger partial charge in [-0.05, 0) is 106 Å². The maximum atomic E-state index is 2.44. The van der Waals surface area contributed by atoms with Gasteiger partial charge in [-0.2, -0.15) is 0 Å². The van der Waals surface area contributed by atoms with Crippen LogP contribution in [0.25, 0.3) is 82.5 Å². The van der Waals surface area contributed by atoms with Crippen molar-refractivity contribution < 1.29 is 0 Å². The molecule has 10 aromatic rings. The molecule has 0 saturated carbocycles. The molecule has 0 atom stereocenters. The fraction of sp³-hybridized carbons (Fsp3) is 0.0667. The van der Waals surface area contributed by atoms with Gasteiger partial charge in [0.05, 0.1) is 33.1 Å². The van der Waals surface area contributed by atoms with Gasteiger partial charge in [0, 0.05) is 49.4 Å². The van der Waals surface area contributed by atoms with Crippen molar-refractivity contribution in [2.75, 3.05) is 0 Å².